The molecule has 1 saturated heterocycles. The average molecular weight is 804 g/mol. The van der Waals surface area contributed by atoms with Crippen LogP contribution in [0.2, 0.25) is 0 Å². The lowest BCUT2D eigenvalue weighted by molar-refractivity contribution is -0.135. The van der Waals surface area contributed by atoms with E-state index in [-0.39, 0.29) is 37.8 Å². The predicted octanol–water partition coefficient (Wildman–Crippen LogP) is 2.73. The molecule has 4 atom stereocenters. The molecule has 4 aromatic carbocycles. The molecule has 5 amide bonds. The number of benzene rings is 4. The second kappa shape index (κ2) is 21.7. The number of guanidine groups is 1. The lowest BCUT2D eigenvalue weighted by Crippen LogP contribution is -2.65. The highest BCUT2D eigenvalue weighted by Gasteiger charge is 2.40. The standard InChI is InChI=1S/C44H53N9O6/c1-29-17-21-33(22-18-29)53-27-37(43(53)58)51-42(57)38(31-19-23-34(24-20-31)59-28-30-11-4-2-5-12-30)52-41(56)35(15-8-9-25-45)50-40(55)36(16-10-26-48-44(46)47)49-39(54)32-13-6-3-7-14-32/h2-7,11-14,17-24,35-38H,8-10,15-16,25-28,45H2,1H3,(H,49,54)(H,50,55)(H,51,57)(H,52,56)(H4,46,47,48). The summed E-state index contributed by atoms with van der Waals surface area (Å²) >= 11 is 0. The van der Waals surface area contributed by atoms with Gasteiger partial charge in [0.05, 0.1) is 6.54 Å². The Morgan fingerprint density at radius 1 is 0.763 bits per heavy atom. The van der Waals surface area contributed by atoms with Gasteiger partial charge in [-0.25, -0.2) is 0 Å². The molecule has 0 aromatic heterocycles. The number of hydrogen-bond acceptors (Lipinski definition) is 8. The molecule has 10 N–H and O–H groups in total. The Morgan fingerprint density at radius 2 is 1.39 bits per heavy atom. The Bertz CT molecular complexity index is 2040. The van der Waals surface area contributed by atoms with E-state index in [1.807, 2.05) is 61.5 Å². The summed E-state index contributed by atoms with van der Waals surface area (Å²) in [7, 11) is 0. The van der Waals surface area contributed by atoms with E-state index in [1.54, 1.807) is 59.5 Å². The normalized spacial score (nSPS) is 14.8. The first-order valence-corrected chi connectivity index (χ1v) is 19.7. The van der Waals surface area contributed by atoms with Gasteiger partial charge < -0.3 is 48.1 Å². The fraction of sp³-hybridized carbons (Fsp3) is 0.318. The van der Waals surface area contributed by atoms with Crippen LogP contribution in [0.15, 0.2) is 114 Å². The Balaban J connectivity index is 1.34. The highest BCUT2D eigenvalue weighted by Crippen LogP contribution is 2.25. The number of nitrogens with two attached hydrogens (primary N) is 3. The van der Waals surface area contributed by atoms with Gasteiger partial charge in [0.2, 0.25) is 17.7 Å². The number of β-lactam (4-membered cyclic amide) rings is 1. The van der Waals surface area contributed by atoms with Crippen molar-refractivity contribution in [1.82, 2.24) is 21.3 Å². The van der Waals surface area contributed by atoms with Gasteiger partial charge in [-0.1, -0.05) is 78.4 Å². The molecule has 0 spiro atoms. The third kappa shape index (κ3) is 12.9. The van der Waals surface area contributed by atoms with E-state index >= 15 is 0 Å². The van der Waals surface area contributed by atoms with Crippen molar-refractivity contribution in [2.45, 2.75) is 69.8 Å². The Kier molecular flexibility index (Phi) is 16.0. The van der Waals surface area contributed by atoms with Gasteiger partial charge in [-0.05, 0) is 93.1 Å². The van der Waals surface area contributed by atoms with Crippen molar-refractivity contribution in [2.24, 2.45) is 22.2 Å². The van der Waals surface area contributed by atoms with Crippen LogP contribution in [0.25, 0.3) is 0 Å². The summed E-state index contributed by atoms with van der Waals surface area (Å²) in [5, 5.41) is 11.2. The third-order valence-corrected chi connectivity index (χ3v) is 9.78. The summed E-state index contributed by atoms with van der Waals surface area (Å²) in [5.41, 5.74) is 20.2. The van der Waals surface area contributed by atoms with Crippen LogP contribution in [0, 0.1) is 6.92 Å². The zero-order valence-electron chi connectivity index (χ0n) is 33.1. The van der Waals surface area contributed by atoms with Crippen molar-refractivity contribution in [2.75, 3.05) is 24.5 Å². The van der Waals surface area contributed by atoms with Crippen LogP contribution in [0.5, 0.6) is 5.75 Å². The second-order valence-corrected chi connectivity index (χ2v) is 14.3. The first kappa shape index (κ1) is 43.4. The maximum absolute atomic E-state index is 14.2. The zero-order chi connectivity index (χ0) is 42.1. The van der Waals surface area contributed by atoms with Gasteiger partial charge in [0.15, 0.2) is 5.96 Å². The zero-order valence-corrected chi connectivity index (χ0v) is 33.1. The molecule has 0 saturated carbocycles. The van der Waals surface area contributed by atoms with E-state index in [0.717, 1.165) is 11.1 Å². The first-order valence-electron chi connectivity index (χ1n) is 19.7. The Morgan fingerprint density at radius 3 is 2.03 bits per heavy atom. The van der Waals surface area contributed by atoms with Crippen molar-refractivity contribution in [3.05, 3.63) is 131 Å². The van der Waals surface area contributed by atoms with Gasteiger partial charge in [-0.3, -0.25) is 29.0 Å². The van der Waals surface area contributed by atoms with Gasteiger partial charge in [0.25, 0.3) is 11.8 Å². The van der Waals surface area contributed by atoms with Crippen molar-refractivity contribution >= 4 is 41.2 Å². The van der Waals surface area contributed by atoms with E-state index in [2.05, 4.69) is 26.3 Å². The van der Waals surface area contributed by atoms with E-state index in [4.69, 9.17) is 21.9 Å². The molecule has 1 aliphatic rings. The number of amides is 5. The lowest BCUT2D eigenvalue weighted by Gasteiger charge is -2.39. The number of nitrogens with zero attached hydrogens (tertiary/aromatic N) is 2. The van der Waals surface area contributed by atoms with Crippen LogP contribution >= 0.6 is 0 Å². The van der Waals surface area contributed by atoms with Crippen molar-refractivity contribution in [3.63, 3.8) is 0 Å². The number of carbonyl (C=O) groups is 5. The molecule has 310 valence electrons. The summed E-state index contributed by atoms with van der Waals surface area (Å²) in [5.74, 6) is -2.18. The molecule has 1 heterocycles. The lowest BCUT2D eigenvalue weighted by atomic mass is 10.0. The summed E-state index contributed by atoms with van der Waals surface area (Å²) in [6.07, 6.45) is 1.76. The van der Waals surface area contributed by atoms with Gasteiger partial charge in [0.1, 0.15) is 36.5 Å². The van der Waals surface area contributed by atoms with Crippen molar-refractivity contribution in [1.29, 1.82) is 0 Å². The summed E-state index contributed by atoms with van der Waals surface area (Å²) in [6, 6.07) is 28.1. The molecule has 0 radical (unpaired) electrons. The molecule has 5 rings (SSSR count). The minimum atomic E-state index is -1.26. The van der Waals surface area contributed by atoms with Gasteiger partial charge in [-0.2, -0.15) is 0 Å². The summed E-state index contributed by atoms with van der Waals surface area (Å²) in [6.45, 7) is 3.11. The molecular formula is C44H53N9O6. The molecular weight excluding hydrogens is 751 g/mol. The smallest absolute Gasteiger partial charge is 0.251 e. The monoisotopic (exact) mass is 803 g/mol. The number of aliphatic imine (C=N–C) groups is 1. The van der Waals surface area contributed by atoms with E-state index < -0.39 is 47.8 Å². The predicted molar refractivity (Wildman–Crippen MR) is 226 cm³/mol. The van der Waals surface area contributed by atoms with E-state index in [0.29, 0.717) is 55.0 Å². The molecule has 4 aromatic rings. The van der Waals surface area contributed by atoms with Crippen LogP contribution in [-0.4, -0.2) is 73.3 Å². The molecule has 15 nitrogen and oxygen atoms in total. The molecule has 1 fully saturated rings. The van der Waals surface area contributed by atoms with Crippen LogP contribution in [-0.2, 0) is 25.8 Å². The molecule has 59 heavy (non-hydrogen) atoms. The van der Waals surface area contributed by atoms with E-state index in [1.165, 1.54) is 0 Å². The molecule has 0 bridgehead atoms. The van der Waals surface area contributed by atoms with Crippen LogP contribution in [0.1, 0.15) is 65.2 Å². The topological polar surface area (TPSA) is 236 Å². The molecule has 1 aliphatic heterocycles. The Hall–Kier alpha value is -6.74. The molecule has 4 unspecified atom stereocenters. The minimum Gasteiger partial charge on any atom is -0.489 e. The number of aryl methyl sites for hydroxylation is 1. The van der Waals surface area contributed by atoms with Crippen LogP contribution < -0.4 is 48.1 Å². The van der Waals surface area contributed by atoms with Crippen molar-refractivity contribution < 1.29 is 28.7 Å². The molecule has 15 heteroatoms. The second-order valence-electron chi connectivity index (χ2n) is 14.3. The minimum absolute atomic E-state index is 0.103. The maximum Gasteiger partial charge on any atom is 0.251 e. The number of hydrogen-bond donors (Lipinski definition) is 7. The van der Waals surface area contributed by atoms with Gasteiger partial charge in [-0.15, -0.1) is 0 Å². The first-order chi connectivity index (χ1) is 28.5. The maximum atomic E-state index is 14.2. The average Bonchev–Trinajstić information content (AvgIpc) is 3.25. The fourth-order valence-corrected chi connectivity index (χ4v) is 6.42. The summed E-state index contributed by atoms with van der Waals surface area (Å²) in [4.78, 5) is 74.2. The van der Waals surface area contributed by atoms with Crippen LogP contribution in [0.4, 0.5) is 5.69 Å². The Labute approximate surface area is 344 Å². The largest absolute Gasteiger partial charge is 0.489 e. The van der Waals surface area contributed by atoms with Gasteiger partial charge in [0, 0.05) is 17.8 Å². The summed E-state index contributed by atoms with van der Waals surface area (Å²) < 4.78 is 5.95. The highest BCUT2D eigenvalue weighted by molar-refractivity contribution is 6.06. The molecule has 0 aliphatic carbocycles. The number of rotatable bonds is 21. The number of unbranched alkanes of at least 4 members (excludes halogenated alkanes) is 1. The fourth-order valence-electron chi connectivity index (χ4n) is 6.42. The number of anilines is 1. The van der Waals surface area contributed by atoms with Gasteiger partial charge >= 0.3 is 0 Å². The number of nitrogens with one attached hydrogen (secondary N) is 4. The number of carbonyl (C=O) groups excluding carboxylic acids is 5. The van der Waals surface area contributed by atoms with Crippen LogP contribution in [0.3, 0.4) is 0 Å². The van der Waals surface area contributed by atoms with E-state index in [9.17, 15) is 24.0 Å². The number of ether oxygens (including phenoxy) is 1. The SMILES string of the molecule is Cc1ccc(N2CC(NC(=O)C(NC(=O)C(CCCCN)NC(=O)C(CCCN=C(N)N)NC(=O)c3ccccc3)c3ccc(OCc4ccccc4)cc3)C2=O)cc1. The quantitative estimate of drug-likeness (QED) is 0.0284. The van der Waals surface area contributed by atoms with Crippen molar-refractivity contribution in [3.8, 4) is 5.75 Å². The third-order valence-electron chi connectivity index (χ3n) is 9.78. The highest BCUT2D eigenvalue weighted by atomic mass is 16.5.